The van der Waals surface area contributed by atoms with Crippen molar-refractivity contribution in [3.63, 3.8) is 0 Å². The summed E-state index contributed by atoms with van der Waals surface area (Å²) in [7, 11) is 0. The molecule has 0 spiro atoms. The van der Waals surface area contributed by atoms with Crippen LogP contribution < -0.4 is 5.43 Å². The number of hydrazone groups is 1. The van der Waals surface area contributed by atoms with Crippen molar-refractivity contribution in [3.8, 4) is 0 Å². The van der Waals surface area contributed by atoms with E-state index in [1.54, 1.807) is 18.2 Å². The minimum atomic E-state index is -0.416. The number of aryl methyl sites for hydroxylation is 1. The van der Waals surface area contributed by atoms with Gasteiger partial charge >= 0.3 is 0 Å². The van der Waals surface area contributed by atoms with Crippen LogP contribution in [0.1, 0.15) is 21.9 Å². The van der Waals surface area contributed by atoms with Gasteiger partial charge in [-0.2, -0.15) is 5.10 Å². The maximum Gasteiger partial charge on any atom is 0.272 e. The molecule has 0 aliphatic rings. The molecule has 0 fully saturated rings. The van der Waals surface area contributed by atoms with Crippen molar-refractivity contribution < 1.29 is 9.21 Å². The molecular formula is C13H10Cl2N2O2. The van der Waals surface area contributed by atoms with Gasteiger partial charge in [-0.3, -0.25) is 4.79 Å². The lowest BCUT2D eigenvalue weighted by Crippen LogP contribution is -2.17. The minimum Gasteiger partial charge on any atom is -0.460 e. The Balaban J connectivity index is 2.03. The summed E-state index contributed by atoms with van der Waals surface area (Å²) in [5.41, 5.74) is 2.66. The zero-order valence-corrected chi connectivity index (χ0v) is 11.5. The van der Waals surface area contributed by atoms with Crippen LogP contribution in [0.25, 0.3) is 0 Å². The van der Waals surface area contributed by atoms with Crippen LogP contribution in [0, 0.1) is 6.92 Å². The quantitative estimate of drug-likeness (QED) is 0.694. The van der Waals surface area contributed by atoms with E-state index in [-0.39, 0.29) is 5.02 Å². The lowest BCUT2D eigenvalue weighted by atomic mass is 10.2. The van der Waals surface area contributed by atoms with Gasteiger partial charge in [0.05, 0.1) is 16.8 Å². The lowest BCUT2D eigenvalue weighted by Gasteiger charge is -2.02. The molecule has 1 heterocycles. The Morgan fingerprint density at radius 2 is 2.11 bits per heavy atom. The molecule has 0 aliphatic carbocycles. The topological polar surface area (TPSA) is 54.6 Å². The standard InChI is InChI=1S/C13H10Cl2N2O2/c1-8-2-4-10(19-8)7-16-17-13(18)11-5-3-9(14)6-12(11)15/h2-7H,1H3,(H,17,18)/b16-7+. The molecule has 0 atom stereocenters. The zero-order valence-electron chi connectivity index (χ0n) is 9.98. The Kier molecular flexibility index (Phi) is 4.24. The van der Waals surface area contributed by atoms with E-state index in [1.165, 1.54) is 18.3 Å². The predicted octanol–water partition coefficient (Wildman–Crippen LogP) is 3.66. The largest absolute Gasteiger partial charge is 0.460 e. The number of rotatable bonds is 3. The highest BCUT2D eigenvalue weighted by molar-refractivity contribution is 6.36. The molecule has 98 valence electrons. The number of hydrogen-bond donors (Lipinski definition) is 1. The molecule has 0 radical (unpaired) electrons. The molecule has 1 amide bonds. The molecule has 1 N–H and O–H groups in total. The molecule has 0 saturated carbocycles. The molecule has 0 saturated heterocycles. The number of carbonyl (C=O) groups excluding carboxylic acids is 1. The molecule has 2 rings (SSSR count). The van der Waals surface area contributed by atoms with Crippen LogP contribution in [-0.4, -0.2) is 12.1 Å². The molecule has 1 aromatic heterocycles. The second-order valence-corrected chi connectivity index (χ2v) is 4.62. The van der Waals surface area contributed by atoms with Crippen molar-refractivity contribution in [1.29, 1.82) is 0 Å². The molecule has 6 heteroatoms. The Bertz CT molecular complexity index is 635. The zero-order chi connectivity index (χ0) is 13.8. The fraction of sp³-hybridized carbons (Fsp3) is 0.0769. The van der Waals surface area contributed by atoms with Crippen molar-refractivity contribution >= 4 is 35.3 Å². The average molecular weight is 297 g/mol. The number of nitrogens with zero attached hydrogens (tertiary/aromatic N) is 1. The number of furan rings is 1. The van der Waals surface area contributed by atoms with Crippen molar-refractivity contribution in [3.05, 3.63) is 57.5 Å². The molecular weight excluding hydrogens is 287 g/mol. The molecule has 1 aromatic carbocycles. The molecule has 4 nitrogen and oxygen atoms in total. The monoisotopic (exact) mass is 296 g/mol. The first-order valence-electron chi connectivity index (χ1n) is 5.41. The van der Waals surface area contributed by atoms with Crippen LogP contribution in [-0.2, 0) is 0 Å². The number of benzene rings is 1. The molecule has 2 aromatic rings. The Morgan fingerprint density at radius 1 is 1.32 bits per heavy atom. The fourth-order valence-corrected chi connectivity index (χ4v) is 1.91. The summed E-state index contributed by atoms with van der Waals surface area (Å²) in [6, 6.07) is 8.17. The summed E-state index contributed by atoms with van der Waals surface area (Å²) >= 11 is 11.7. The first-order valence-corrected chi connectivity index (χ1v) is 6.17. The van der Waals surface area contributed by atoms with Crippen LogP contribution in [0.5, 0.6) is 0 Å². The van der Waals surface area contributed by atoms with Gasteiger partial charge in [0.25, 0.3) is 5.91 Å². The van der Waals surface area contributed by atoms with Gasteiger partial charge in [0.2, 0.25) is 0 Å². The van der Waals surface area contributed by atoms with E-state index in [2.05, 4.69) is 10.5 Å². The summed E-state index contributed by atoms with van der Waals surface area (Å²) in [6.07, 6.45) is 1.41. The summed E-state index contributed by atoms with van der Waals surface area (Å²) < 4.78 is 5.27. The van der Waals surface area contributed by atoms with Gasteiger partial charge in [-0.15, -0.1) is 0 Å². The first kappa shape index (κ1) is 13.6. The van der Waals surface area contributed by atoms with Crippen LogP contribution in [0.2, 0.25) is 10.0 Å². The number of halogens is 2. The van der Waals surface area contributed by atoms with Gasteiger partial charge in [-0.05, 0) is 37.3 Å². The van der Waals surface area contributed by atoms with Crippen LogP contribution in [0.15, 0.2) is 39.9 Å². The maximum absolute atomic E-state index is 11.8. The van der Waals surface area contributed by atoms with Gasteiger partial charge in [-0.25, -0.2) is 5.43 Å². The summed E-state index contributed by atoms with van der Waals surface area (Å²) in [5.74, 6) is 0.912. The Labute approximate surface area is 120 Å². The van der Waals surface area contributed by atoms with Gasteiger partial charge < -0.3 is 4.42 Å². The first-order chi connectivity index (χ1) is 9.06. The van der Waals surface area contributed by atoms with Gasteiger partial charge in [0, 0.05) is 5.02 Å². The van der Waals surface area contributed by atoms with E-state index >= 15 is 0 Å². The maximum atomic E-state index is 11.8. The van der Waals surface area contributed by atoms with E-state index < -0.39 is 5.91 Å². The SMILES string of the molecule is Cc1ccc(/C=N/NC(=O)c2ccc(Cl)cc2Cl)o1. The molecule has 0 unspecified atom stereocenters. The molecule has 19 heavy (non-hydrogen) atoms. The third-order valence-electron chi connectivity index (χ3n) is 2.29. The van der Waals surface area contributed by atoms with E-state index in [0.717, 1.165) is 5.76 Å². The van der Waals surface area contributed by atoms with Gasteiger partial charge in [0.15, 0.2) is 0 Å². The van der Waals surface area contributed by atoms with E-state index in [1.807, 2.05) is 6.92 Å². The van der Waals surface area contributed by atoms with Gasteiger partial charge in [-0.1, -0.05) is 23.2 Å². The van der Waals surface area contributed by atoms with Crippen molar-refractivity contribution in [2.24, 2.45) is 5.10 Å². The van der Waals surface area contributed by atoms with Crippen molar-refractivity contribution in [1.82, 2.24) is 5.43 Å². The average Bonchev–Trinajstić information content (AvgIpc) is 2.75. The van der Waals surface area contributed by atoms with Crippen LogP contribution >= 0.6 is 23.2 Å². The summed E-state index contributed by atoms with van der Waals surface area (Å²) in [6.45, 7) is 1.82. The van der Waals surface area contributed by atoms with E-state index in [9.17, 15) is 4.79 Å². The van der Waals surface area contributed by atoms with E-state index in [0.29, 0.717) is 16.3 Å². The van der Waals surface area contributed by atoms with Crippen molar-refractivity contribution in [2.45, 2.75) is 6.92 Å². The predicted molar refractivity (Wildman–Crippen MR) is 75.0 cm³/mol. The smallest absolute Gasteiger partial charge is 0.272 e. The molecule has 0 aliphatic heterocycles. The third-order valence-corrected chi connectivity index (χ3v) is 2.84. The number of carbonyl (C=O) groups is 1. The normalized spacial score (nSPS) is 10.9. The van der Waals surface area contributed by atoms with Crippen molar-refractivity contribution in [2.75, 3.05) is 0 Å². The van der Waals surface area contributed by atoms with E-state index in [4.69, 9.17) is 27.6 Å². The highest BCUT2D eigenvalue weighted by Crippen LogP contribution is 2.20. The second kappa shape index (κ2) is 5.91. The summed E-state index contributed by atoms with van der Waals surface area (Å²) in [4.78, 5) is 11.8. The molecule has 0 bridgehead atoms. The van der Waals surface area contributed by atoms with Gasteiger partial charge in [0.1, 0.15) is 11.5 Å². The number of amides is 1. The van der Waals surface area contributed by atoms with Crippen LogP contribution in [0.4, 0.5) is 0 Å². The second-order valence-electron chi connectivity index (χ2n) is 3.77. The minimum absolute atomic E-state index is 0.272. The summed E-state index contributed by atoms with van der Waals surface area (Å²) in [5, 5.41) is 4.53. The number of nitrogens with one attached hydrogen (secondary N) is 1. The fourth-order valence-electron chi connectivity index (χ4n) is 1.41. The highest BCUT2D eigenvalue weighted by Gasteiger charge is 2.09. The van der Waals surface area contributed by atoms with Crippen LogP contribution in [0.3, 0.4) is 0 Å². The highest BCUT2D eigenvalue weighted by atomic mass is 35.5. The number of hydrogen-bond acceptors (Lipinski definition) is 3. The third kappa shape index (κ3) is 3.59. The lowest BCUT2D eigenvalue weighted by molar-refractivity contribution is 0.0955. The Hall–Kier alpha value is -1.78. The Morgan fingerprint density at radius 3 is 2.74 bits per heavy atom.